The third kappa shape index (κ3) is 4.23. The van der Waals surface area contributed by atoms with Crippen molar-refractivity contribution in [3.8, 4) is 0 Å². The van der Waals surface area contributed by atoms with Gasteiger partial charge in [0, 0.05) is 12.0 Å². The number of carbonyl (C=O) groups is 2. The van der Waals surface area contributed by atoms with Gasteiger partial charge in [-0.05, 0) is 44.9 Å². The zero-order valence-electron chi connectivity index (χ0n) is 13.6. The Morgan fingerprint density at radius 2 is 1.74 bits per heavy atom. The van der Waals surface area contributed by atoms with Crippen LogP contribution in [0, 0.1) is 5.92 Å². The molecule has 0 aromatic carbocycles. The average Bonchev–Trinajstić information content (AvgIpc) is 2.42. The molecule has 3 fully saturated rings. The van der Waals surface area contributed by atoms with Crippen LogP contribution in [0.4, 0.5) is 0 Å². The largest absolute Gasteiger partial charge is 0.394 e. The van der Waals surface area contributed by atoms with E-state index in [0.29, 0.717) is 12.5 Å². The van der Waals surface area contributed by atoms with Crippen LogP contribution in [-0.2, 0) is 14.3 Å². The van der Waals surface area contributed by atoms with E-state index in [-0.39, 0.29) is 36.5 Å². The Bertz CT molecular complexity index is 434. The van der Waals surface area contributed by atoms with E-state index in [0.717, 1.165) is 44.9 Å². The van der Waals surface area contributed by atoms with Crippen LogP contribution >= 0.6 is 0 Å². The van der Waals surface area contributed by atoms with E-state index < -0.39 is 6.10 Å². The molecule has 2 saturated carbocycles. The molecular weight excluding hydrogens is 296 g/mol. The van der Waals surface area contributed by atoms with E-state index >= 15 is 0 Å². The summed E-state index contributed by atoms with van der Waals surface area (Å²) < 4.78 is 5.86. The van der Waals surface area contributed by atoms with Gasteiger partial charge < -0.3 is 20.5 Å². The van der Waals surface area contributed by atoms with Crippen LogP contribution in [0.25, 0.3) is 0 Å². The molecule has 1 saturated heterocycles. The second-order valence-electron chi connectivity index (χ2n) is 7.20. The number of hydrogen-bond acceptors (Lipinski definition) is 4. The van der Waals surface area contributed by atoms with Crippen LogP contribution in [-0.4, -0.2) is 47.8 Å². The zero-order valence-corrected chi connectivity index (χ0v) is 13.6. The molecule has 0 aromatic heterocycles. The van der Waals surface area contributed by atoms with Crippen molar-refractivity contribution in [2.75, 3.05) is 6.61 Å². The molecular formula is C17H28N2O4. The Morgan fingerprint density at radius 1 is 1.00 bits per heavy atom. The molecule has 2 aliphatic carbocycles. The van der Waals surface area contributed by atoms with Gasteiger partial charge in [-0.3, -0.25) is 9.59 Å². The molecule has 6 nitrogen and oxygen atoms in total. The van der Waals surface area contributed by atoms with Crippen molar-refractivity contribution in [2.24, 2.45) is 5.92 Å². The number of ether oxygens (including phenoxy) is 1. The van der Waals surface area contributed by atoms with Gasteiger partial charge in [0.1, 0.15) is 6.10 Å². The summed E-state index contributed by atoms with van der Waals surface area (Å²) in [6.45, 7) is -0.129. The Kier molecular flexibility index (Phi) is 5.54. The van der Waals surface area contributed by atoms with E-state index in [2.05, 4.69) is 10.6 Å². The van der Waals surface area contributed by atoms with Crippen molar-refractivity contribution in [2.45, 2.75) is 82.1 Å². The molecule has 3 N–H and O–H groups in total. The summed E-state index contributed by atoms with van der Waals surface area (Å²) in [6, 6.07) is 0.202. The lowest BCUT2D eigenvalue weighted by Gasteiger charge is -2.37. The minimum absolute atomic E-state index is 0.0355. The van der Waals surface area contributed by atoms with Gasteiger partial charge in [0.15, 0.2) is 0 Å². The predicted octanol–water partition coefficient (Wildman–Crippen LogP) is 0.870. The molecule has 130 valence electrons. The Labute approximate surface area is 137 Å². The second kappa shape index (κ2) is 7.62. The van der Waals surface area contributed by atoms with Gasteiger partial charge in [0.05, 0.1) is 25.2 Å². The van der Waals surface area contributed by atoms with Crippen LogP contribution in [0.2, 0.25) is 0 Å². The van der Waals surface area contributed by atoms with Gasteiger partial charge in [0.2, 0.25) is 11.8 Å². The van der Waals surface area contributed by atoms with E-state index in [9.17, 15) is 14.7 Å². The third-order valence-corrected chi connectivity index (χ3v) is 5.48. The Morgan fingerprint density at radius 3 is 2.30 bits per heavy atom. The van der Waals surface area contributed by atoms with Crippen molar-refractivity contribution in [1.82, 2.24) is 10.6 Å². The first kappa shape index (κ1) is 16.7. The Balaban J connectivity index is 1.43. The number of carbonyl (C=O) groups excluding carboxylic acids is 2. The summed E-state index contributed by atoms with van der Waals surface area (Å²) in [5.74, 6) is 0.262. The smallest absolute Gasteiger partial charge is 0.223 e. The molecule has 0 aromatic rings. The van der Waals surface area contributed by atoms with Crippen LogP contribution in [0.1, 0.15) is 57.8 Å². The quantitative estimate of drug-likeness (QED) is 0.676. The number of aliphatic hydroxyl groups is 1. The highest BCUT2D eigenvalue weighted by Crippen LogP contribution is 2.28. The summed E-state index contributed by atoms with van der Waals surface area (Å²) in [5, 5.41) is 15.6. The molecule has 2 amide bonds. The predicted molar refractivity (Wildman–Crippen MR) is 84.7 cm³/mol. The van der Waals surface area contributed by atoms with Crippen LogP contribution in [0.5, 0.6) is 0 Å². The van der Waals surface area contributed by atoms with Crippen LogP contribution in [0.15, 0.2) is 0 Å². The number of hydrogen-bond donors (Lipinski definition) is 3. The van der Waals surface area contributed by atoms with Crippen molar-refractivity contribution < 1.29 is 19.4 Å². The fraction of sp³-hybridized carbons (Fsp3) is 0.882. The van der Waals surface area contributed by atoms with Crippen LogP contribution in [0.3, 0.4) is 0 Å². The second-order valence-corrected chi connectivity index (χ2v) is 7.20. The molecule has 23 heavy (non-hydrogen) atoms. The number of rotatable bonds is 6. The highest BCUT2D eigenvalue weighted by Gasteiger charge is 2.35. The topological polar surface area (TPSA) is 87.7 Å². The van der Waals surface area contributed by atoms with E-state index in [1.807, 2.05) is 0 Å². The molecule has 1 aliphatic heterocycles. The van der Waals surface area contributed by atoms with Crippen molar-refractivity contribution in [1.29, 1.82) is 0 Å². The van der Waals surface area contributed by atoms with Crippen molar-refractivity contribution in [3.63, 3.8) is 0 Å². The minimum atomic E-state index is -0.408. The molecule has 1 heterocycles. The van der Waals surface area contributed by atoms with Gasteiger partial charge in [-0.15, -0.1) is 0 Å². The maximum Gasteiger partial charge on any atom is 0.223 e. The third-order valence-electron chi connectivity index (χ3n) is 5.48. The van der Waals surface area contributed by atoms with E-state index in [1.165, 1.54) is 6.42 Å². The number of aliphatic hydroxyl groups excluding tert-OH is 1. The maximum absolute atomic E-state index is 12.1. The van der Waals surface area contributed by atoms with Gasteiger partial charge in [0.25, 0.3) is 0 Å². The van der Waals surface area contributed by atoms with E-state index in [1.54, 1.807) is 0 Å². The van der Waals surface area contributed by atoms with E-state index in [4.69, 9.17) is 4.74 Å². The summed E-state index contributed by atoms with van der Waals surface area (Å²) in [5.41, 5.74) is 0. The lowest BCUT2D eigenvalue weighted by molar-refractivity contribution is -0.139. The van der Waals surface area contributed by atoms with Gasteiger partial charge in [-0.2, -0.15) is 0 Å². The highest BCUT2D eigenvalue weighted by molar-refractivity contribution is 5.79. The molecule has 0 unspecified atom stereocenters. The average molecular weight is 324 g/mol. The zero-order chi connectivity index (χ0) is 16.2. The van der Waals surface area contributed by atoms with Crippen molar-refractivity contribution in [3.05, 3.63) is 0 Å². The van der Waals surface area contributed by atoms with Gasteiger partial charge in [-0.25, -0.2) is 0 Å². The molecule has 3 aliphatic rings. The first-order valence-corrected chi connectivity index (χ1v) is 9.01. The fourth-order valence-corrected chi connectivity index (χ4v) is 3.46. The first-order chi connectivity index (χ1) is 11.2. The monoisotopic (exact) mass is 324 g/mol. The van der Waals surface area contributed by atoms with Gasteiger partial charge in [-0.1, -0.05) is 6.42 Å². The number of amides is 2. The fourth-order valence-electron chi connectivity index (χ4n) is 3.46. The summed E-state index contributed by atoms with van der Waals surface area (Å²) in [4.78, 5) is 24.0. The molecule has 3 atom stereocenters. The summed E-state index contributed by atoms with van der Waals surface area (Å²) in [7, 11) is 0. The normalized spacial score (nSPS) is 31.8. The van der Waals surface area contributed by atoms with Crippen LogP contribution < -0.4 is 10.6 Å². The Hall–Kier alpha value is -1.14. The molecule has 6 heteroatoms. The summed E-state index contributed by atoms with van der Waals surface area (Å²) >= 11 is 0. The number of nitrogens with one attached hydrogen (secondary N) is 2. The lowest BCUT2D eigenvalue weighted by Crippen LogP contribution is -2.53. The lowest BCUT2D eigenvalue weighted by atomic mass is 9.84. The molecule has 0 spiro atoms. The standard InChI is InChI=1S/C17H28N2O4/c20-10-15-14(19-17(22)11-3-1-4-11)8-7-13(23-15)9-16(21)18-12-5-2-6-12/h11-15,20H,1-10H2,(H,18,21)(H,19,22)/t13-,14+,15-/m0/s1. The van der Waals surface area contributed by atoms with Crippen molar-refractivity contribution >= 4 is 11.8 Å². The highest BCUT2D eigenvalue weighted by atomic mass is 16.5. The molecule has 0 radical (unpaired) electrons. The summed E-state index contributed by atoms with van der Waals surface area (Å²) in [6.07, 6.45) is 7.67. The SMILES string of the molecule is O=C(C[C@@H]1CC[C@@H](NC(=O)C2CCC2)[C@H](CO)O1)NC1CCC1. The first-order valence-electron chi connectivity index (χ1n) is 9.01. The minimum Gasteiger partial charge on any atom is -0.394 e. The van der Waals surface area contributed by atoms with Gasteiger partial charge >= 0.3 is 0 Å². The maximum atomic E-state index is 12.1. The molecule has 3 rings (SSSR count). The molecule has 0 bridgehead atoms.